The molecule has 1 amide bonds. The lowest BCUT2D eigenvalue weighted by Gasteiger charge is -2.29. The number of benzene rings is 1. The molecule has 1 heterocycles. The van der Waals surface area contributed by atoms with E-state index in [0.29, 0.717) is 31.7 Å². The van der Waals surface area contributed by atoms with E-state index in [9.17, 15) is 9.59 Å². The molecule has 0 bridgehead atoms. The zero-order valence-electron chi connectivity index (χ0n) is 13.5. The molecule has 0 aromatic heterocycles. The van der Waals surface area contributed by atoms with Crippen molar-refractivity contribution < 1.29 is 14.3 Å². The highest BCUT2D eigenvalue weighted by atomic mass is 16.6. The molecule has 1 aliphatic heterocycles. The SMILES string of the molecule is CC(C)(C)OC(=O)N1CC2CC(=O)CC2(c2ccccc2)C1. The van der Waals surface area contributed by atoms with Gasteiger partial charge in [0.2, 0.25) is 0 Å². The smallest absolute Gasteiger partial charge is 0.410 e. The van der Waals surface area contributed by atoms with Crippen LogP contribution in [0, 0.1) is 5.92 Å². The highest BCUT2D eigenvalue weighted by Crippen LogP contribution is 2.49. The van der Waals surface area contributed by atoms with E-state index in [1.165, 1.54) is 0 Å². The number of likely N-dealkylation sites (tertiary alicyclic amines) is 1. The lowest BCUT2D eigenvalue weighted by molar-refractivity contribution is -0.118. The van der Waals surface area contributed by atoms with Crippen molar-refractivity contribution in [2.45, 2.75) is 44.6 Å². The van der Waals surface area contributed by atoms with Crippen LogP contribution >= 0.6 is 0 Å². The van der Waals surface area contributed by atoms with Gasteiger partial charge in [-0.05, 0) is 32.3 Å². The molecular weight excluding hydrogens is 278 g/mol. The first-order valence-corrected chi connectivity index (χ1v) is 7.85. The van der Waals surface area contributed by atoms with Gasteiger partial charge in [-0.25, -0.2) is 4.79 Å². The van der Waals surface area contributed by atoms with Crippen LogP contribution in [-0.2, 0) is 14.9 Å². The molecule has 118 valence electrons. The Morgan fingerprint density at radius 3 is 2.59 bits per heavy atom. The third-order valence-corrected chi connectivity index (χ3v) is 4.68. The summed E-state index contributed by atoms with van der Waals surface area (Å²) in [5, 5.41) is 0. The minimum absolute atomic E-state index is 0.204. The maximum absolute atomic E-state index is 12.4. The summed E-state index contributed by atoms with van der Waals surface area (Å²) >= 11 is 0. The number of ketones is 1. The number of rotatable bonds is 1. The minimum atomic E-state index is -0.496. The van der Waals surface area contributed by atoms with Gasteiger partial charge < -0.3 is 9.64 Å². The van der Waals surface area contributed by atoms with Crippen LogP contribution in [0.1, 0.15) is 39.2 Å². The van der Waals surface area contributed by atoms with E-state index >= 15 is 0 Å². The van der Waals surface area contributed by atoms with Crippen LogP contribution in [0.15, 0.2) is 30.3 Å². The van der Waals surface area contributed by atoms with Gasteiger partial charge >= 0.3 is 6.09 Å². The summed E-state index contributed by atoms with van der Waals surface area (Å²) in [5.41, 5.74) is 0.441. The van der Waals surface area contributed by atoms with E-state index in [0.717, 1.165) is 5.56 Å². The Morgan fingerprint density at radius 1 is 1.27 bits per heavy atom. The summed E-state index contributed by atoms with van der Waals surface area (Å²) in [6.07, 6.45) is 0.819. The van der Waals surface area contributed by atoms with Gasteiger partial charge in [-0.2, -0.15) is 0 Å². The van der Waals surface area contributed by atoms with E-state index in [-0.39, 0.29) is 17.4 Å². The van der Waals surface area contributed by atoms with Crippen molar-refractivity contribution in [1.82, 2.24) is 4.90 Å². The maximum Gasteiger partial charge on any atom is 0.410 e. The van der Waals surface area contributed by atoms with Gasteiger partial charge in [-0.3, -0.25) is 4.79 Å². The molecule has 2 atom stereocenters. The van der Waals surface area contributed by atoms with E-state index < -0.39 is 5.60 Å². The lowest BCUT2D eigenvalue weighted by atomic mass is 9.75. The first kappa shape index (κ1) is 15.1. The highest BCUT2D eigenvalue weighted by Gasteiger charge is 2.55. The van der Waals surface area contributed by atoms with E-state index in [2.05, 4.69) is 12.1 Å². The van der Waals surface area contributed by atoms with Crippen LogP contribution in [0.3, 0.4) is 0 Å². The van der Waals surface area contributed by atoms with Gasteiger partial charge in [0.25, 0.3) is 0 Å². The Morgan fingerprint density at radius 2 is 1.95 bits per heavy atom. The second kappa shape index (κ2) is 5.11. The summed E-state index contributed by atoms with van der Waals surface area (Å²) < 4.78 is 5.50. The molecule has 0 spiro atoms. The van der Waals surface area contributed by atoms with Gasteiger partial charge in [0.1, 0.15) is 11.4 Å². The van der Waals surface area contributed by atoms with Crippen LogP contribution in [0.5, 0.6) is 0 Å². The zero-order valence-corrected chi connectivity index (χ0v) is 13.5. The molecule has 22 heavy (non-hydrogen) atoms. The topological polar surface area (TPSA) is 46.6 Å². The second-order valence-corrected chi connectivity index (χ2v) is 7.50. The Kier molecular flexibility index (Phi) is 3.50. The number of hydrogen-bond acceptors (Lipinski definition) is 3. The average Bonchev–Trinajstić information content (AvgIpc) is 2.91. The number of carbonyl (C=O) groups is 2. The van der Waals surface area contributed by atoms with Crippen LogP contribution in [0.25, 0.3) is 0 Å². The predicted molar refractivity (Wildman–Crippen MR) is 83.7 cm³/mol. The van der Waals surface area contributed by atoms with Crippen molar-refractivity contribution in [3.8, 4) is 0 Å². The molecular formula is C18H23NO3. The third kappa shape index (κ3) is 2.62. The van der Waals surface area contributed by atoms with Gasteiger partial charge in [-0.15, -0.1) is 0 Å². The monoisotopic (exact) mass is 301 g/mol. The minimum Gasteiger partial charge on any atom is -0.444 e. The number of amides is 1. The van der Waals surface area contributed by atoms with Crippen molar-refractivity contribution >= 4 is 11.9 Å². The molecule has 2 aliphatic rings. The molecule has 1 saturated heterocycles. The first-order valence-electron chi connectivity index (χ1n) is 7.85. The fourth-order valence-corrected chi connectivity index (χ4v) is 3.80. The van der Waals surface area contributed by atoms with Crippen LogP contribution in [-0.4, -0.2) is 35.5 Å². The van der Waals surface area contributed by atoms with Gasteiger partial charge in [0, 0.05) is 31.3 Å². The molecule has 0 N–H and O–H groups in total. The van der Waals surface area contributed by atoms with Crippen molar-refractivity contribution in [2.75, 3.05) is 13.1 Å². The number of ether oxygens (including phenoxy) is 1. The lowest BCUT2D eigenvalue weighted by Crippen LogP contribution is -2.38. The molecule has 2 fully saturated rings. The van der Waals surface area contributed by atoms with E-state index in [4.69, 9.17) is 4.74 Å². The fraction of sp³-hybridized carbons (Fsp3) is 0.556. The quantitative estimate of drug-likeness (QED) is 0.800. The summed E-state index contributed by atoms with van der Waals surface area (Å²) in [4.78, 5) is 26.1. The van der Waals surface area contributed by atoms with Crippen molar-refractivity contribution in [3.05, 3.63) is 35.9 Å². The van der Waals surface area contributed by atoms with Gasteiger partial charge in [0.05, 0.1) is 0 Å². The summed E-state index contributed by atoms with van der Waals surface area (Å²) in [7, 11) is 0. The molecule has 2 unspecified atom stereocenters. The number of fused-ring (bicyclic) bond motifs is 1. The fourth-order valence-electron chi connectivity index (χ4n) is 3.80. The van der Waals surface area contributed by atoms with E-state index in [1.807, 2.05) is 39.0 Å². The average molecular weight is 301 g/mol. The van der Waals surface area contributed by atoms with Gasteiger partial charge in [0.15, 0.2) is 0 Å². The number of hydrogen-bond donors (Lipinski definition) is 0. The maximum atomic E-state index is 12.4. The summed E-state index contributed by atoms with van der Waals surface area (Å²) in [6.45, 7) is 6.80. The third-order valence-electron chi connectivity index (χ3n) is 4.68. The van der Waals surface area contributed by atoms with Crippen molar-refractivity contribution in [3.63, 3.8) is 0 Å². The first-order chi connectivity index (χ1) is 10.3. The molecule has 3 rings (SSSR count). The number of nitrogens with zero attached hydrogens (tertiary/aromatic N) is 1. The standard InChI is InChI=1S/C18H23NO3/c1-17(2,3)22-16(21)19-11-14-9-15(20)10-18(14,12-19)13-7-5-4-6-8-13/h4-8,14H,9-12H2,1-3H3. The Hall–Kier alpha value is -1.84. The Labute approximate surface area is 131 Å². The second-order valence-electron chi connectivity index (χ2n) is 7.50. The molecule has 0 radical (unpaired) electrons. The largest absolute Gasteiger partial charge is 0.444 e. The summed E-state index contributed by atoms with van der Waals surface area (Å²) in [6, 6.07) is 10.1. The normalized spacial score (nSPS) is 27.9. The van der Waals surface area contributed by atoms with Crippen LogP contribution < -0.4 is 0 Å². The van der Waals surface area contributed by atoms with Crippen LogP contribution in [0.4, 0.5) is 4.79 Å². The predicted octanol–water partition coefficient (Wildman–Crippen LogP) is 3.15. The number of Topliss-reactive ketones (excluding diaryl/α,β-unsaturated/α-hetero) is 1. The molecule has 1 saturated carbocycles. The molecule has 1 aromatic rings. The van der Waals surface area contributed by atoms with Gasteiger partial charge in [-0.1, -0.05) is 30.3 Å². The zero-order chi connectivity index (χ0) is 16.0. The van der Waals surface area contributed by atoms with Crippen molar-refractivity contribution in [2.24, 2.45) is 5.92 Å². The Balaban J connectivity index is 1.86. The molecule has 1 aliphatic carbocycles. The van der Waals surface area contributed by atoms with E-state index in [1.54, 1.807) is 4.90 Å². The molecule has 4 nitrogen and oxygen atoms in total. The molecule has 1 aromatic carbocycles. The number of carbonyl (C=O) groups excluding carboxylic acids is 2. The highest BCUT2D eigenvalue weighted by molar-refractivity contribution is 5.84. The van der Waals surface area contributed by atoms with Crippen LogP contribution in [0.2, 0.25) is 0 Å². The van der Waals surface area contributed by atoms with Crippen molar-refractivity contribution in [1.29, 1.82) is 0 Å². The molecule has 4 heteroatoms. The summed E-state index contributed by atoms with van der Waals surface area (Å²) in [5.74, 6) is 0.507. The Bertz CT molecular complexity index is 590.